The van der Waals surface area contributed by atoms with Gasteiger partial charge in [0.1, 0.15) is 0 Å². The van der Waals surface area contributed by atoms with Crippen LogP contribution >= 0.6 is 0 Å². The third-order valence-corrected chi connectivity index (χ3v) is 1.40. The third kappa shape index (κ3) is 1.68. The minimum Gasteiger partial charge on any atom is -0.393 e. The van der Waals surface area contributed by atoms with E-state index in [9.17, 15) is 4.79 Å². The second kappa shape index (κ2) is 3.53. The molecule has 1 heterocycles. The number of carbonyl (C=O) groups is 1. The fourth-order valence-electron chi connectivity index (χ4n) is 0.834. The summed E-state index contributed by atoms with van der Waals surface area (Å²) >= 11 is 0. The molecule has 0 aromatic heterocycles. The molecule has 1 rings (SSSR count). The molecule has 4 nitrogen and oxygen atoms in total. The van der Waals surface area contributed by atoms with Crippen LogP contribution in [-0.2, 0) is 9.53 Å². The summed E-state index contributed by atoms with van der Waals surface area (Å²) in [6.45, 7) is 0.963. The number of amides is 1. The molecule has 1 saturated heterocycles. The standard InChI is InChI=1S/C6H11NO3/c8-4-5-6(9)7-2-1-3-10-5/h5,8H,1-4H2,(H,7,9). The fourth-order valence-corrected chi connectivity index (χ4v) is 0.834. The van der Waals surface area contributed by atoms with Crippen molar-refractivity contribution < 1.29 is 14.6 Å². The molecular formula is C6H11NO3. The molecule has 0 aliphatic carbocycles. The van der Waals surface area contributed by atoms with Crippen LogP contribution in [0, 0.1) is 0 Å². The molecule has 58 valence electrons. The second-order valence-corrected chi connectivity index (χ2v) is 2.19. The summed E-state index contributed by atoms with van der Waals surface area (Å²) in [5, 5.41) is 11.2. The van der Waals surface area contributed by atoms with E-state index in [2.05, 4.69) is 5.32 Å². The summed E-state index contributed by atoms with van der Waals surface area (Å²) in [4.78, 5) is 10.8. The Kier molecular flexibility index (Phi) is 2.65. The number of carbonyl (C=O) groups excluding carboxylic acids is 1. The van der Waals surface area contributed by atoms with Crippen LogP contribution in [0.2, 0.25) is 0 Å². The minimum atomic E-state index is -0.650. The zero-order valence-electron chi connectivity index (χ0n) is 5.67. The van der Waals surface area contributed by atoms with Crippen LogP contribution in [0.4, 0.5) is 0 Å². The molecule has 1 atom stereocenters. The molecule has 2 N–H and O–H groups in total. The van der Waals surface area contributed by atoms with Crippen molar-refractivity contribution >= 4 is 5.91 Å². The van der Waals surface area contributed by atoms with E-state index in [0.717, 1.165) is 6.42 Å². The first kappa shape index (κ1) is 7.50. The largest absolute Gasteiger partial charge is 0.393 e. The van der Waals surface area contributed by atoms with E-state index >= 15 is 0 Å². The van der Waals surface area contributed by atoms with Crippen LogP contribution in [0.15, 0.2) is 0 Å². The van der Waals surface area contributed by atoms with Crippen molar-refractivity contribution in [3.63, 3.8) is 0 Å². The maximum absolute atomic E-state index is 10.8. The van der Waals surface area contributed by atoms with E-state index in [1.54, 1.807) is 0 Å². The highest BCUT2D eigenvalue weighted by atomic mass is 16.5. The zero-order valence-corrected chi connectivity index (χ0v) is 5.67. The summed E-state index contributed by atoms with van der Waals surface area (Å²) in [5.41, 5.74) is 0. The molecule has 0 spiro atoms. The number of ether oxygens (including phenoxy) is 1. The predicted octanol–water partition coefficient (Wildman–Crippen LogP) is -1.12. The van der Waals surface area contributed by atoms with Crippen molar-refractivity contribution in [2.24, 2.45) is 0 Å². The van der Waals surface area contributed by atoms with Gasteiger partial charge in [-0.05, 0) is 6.42 Å². The molecule has 0 aromatic rings. The van der Waals surface area contributed by atoms with E-state index < -0.39 is 6.10 Å². The van der Waals surface area contributed by atoms with Crippen molar-refractivity contribution in [1.82, 2.24) is 5.32 Å². The van der Waals surface area contributed by atoms with Gasteiger partial charge in [-0.2, -0.15) is 0 Å². The van der Waals surface area contributed by atoms with Crippen molar-refractivity contribution in [1.29, 1.82) is 0 Å². The number of aliphatic hydroxyl groups is 1. The van der Waals surface area contributed by atoms with Crippen LogP contribution < -0.4 is 5.32 Å². The topological polar surface area (TPSA) is 58.6 Å². The lowest BCUT2D eigenvalue weighted by atomic mass is 10.3. The first-order valence-corrected chi connectivity index (χ1v) is 3.35. The van der Waals surface area contributed by atoms with Gasteiger partial charge in [-0.25, -0.2) is 0 Å². The summed E-state index contributed by atoms with van der Waals surface area (Å²) < 4.78 is 5.00. The average Bonchev–Trinajstić information content (AvgIpc) is 2.13. The molecule has 1 amide bonds. The molecule has 4 heteroatoms. The number of aliphatic hydroxyl groups excluding tert-OH is 1. The highest BCUT2D eigenvalue weighted by Gasteiger charge is 2.19. The Morgan fingerprint density at radius 2 is 2.60 bits per heavy atom. The van der Waals surface area contributed by atoms with E-state index in [0.29, 0.717) is 13.2 Å². The number of rotatable bonds is 1. The molecule has 0 radical (unpaired) electrons. The third-order valence-electron chi connectivity index (χ3n) is 1.40. The molecule has 1 unspecified atom stereocenters. The van der Waals surface area contributed by atoms with Crippen molar-refractivity contribution in [2.45, 2.75) is 12.5 Å². The molecule has 1 fully saturated rings. The lowest BCUT2D eigenvalue weighted by molar-refractivity contribution is -0.133. The smallest absolute Gasteiger partial charge is 0.251 e. The maximum Gasteiger partial charge on any atom is 0.251 e. The SMILES string of the molecule is O=C1NCCCOC1CO. The fraction of sp³-hybridized carbons (Fsp3) is 0.833. The maximum atomic E-state index is 10.8. The molecule has 0 aromatic carbocycles. The van der Waals surface area contributed by atoms with Crippen molar-refractivity contribution in [3.05, 3.63) is 0 Å². The van der Waals surface area contributed by atoms with Gasteiger partial charge in [0.2, 0.25) is 0 Å². The van der Waals surface area contributed by atoms with E-state index in [4.69, 9.17) is 9.84 Å². The lowest BCUT2D eigenvalue weighted by Gasteiger charge is -2.08. The van der Waals surface area contributed by atoms with Gasteiger partial charge in [-0.3, -0.25) is 4.79 Å². The van der Waals surface area contributed by atoms with Gasteiger partial charge in [-0.1, -0.05) is 0 Å². The van der Waals surface area contributed by atoms with E-state index in [1.807, 2.05) is 0 Å². The molecule has 1 aliphatic rings. The van der Waals surface area contributed by atoms with Crippen LogP contribution in [0.5, 0.6) is 0 Å². The monoisotopic (exact) mass is 145 g/mol. The Morgan fingerprint density at radius 1 is 1.80 bits per heavy atom. The summed E-state index contributed by atoms with van der Waals surface area (Å²) in [6.07, 6.45) is 0.171. The van der Waals surface area contributed by atoms with Gasteiger partial charge in [0.25, 0.3) is 5.91 Å². The average molecular weight is 145 g/mol. The quantitative estimate of drug-likeness (QED) is 0.491. The minimum absolute atomic E-state index is 0.208. The van der Waals surface area contributed by atoms with Crippen LogP contribution in [-0.4, -0.2) is 36.9 Å². The van der Waals surface area contributed by atoms with Crippen LogP contribution in [0.3, 0.4) is 0 Å². The Balaban J connectivity index is 2.43. The Morgan fingerprint density at radius 3 is 3.30 bits per heavy atom. The first-order chi connectivity index (χ1) is 4.84. The van der Waals surface area contributed by atoms with Gasteiger partial charge in [0, 0.05) is 13.2 Å². The summed E-state index contributed by atoms with van der Waals surface area (Å²) in [5.74, 6) is -0.208. The molecular weight excluding hydrogens is 134 g/mol. The van der Waals surface area contributed by atoms with Gasteiger partial charge < -0.3 is 15.2 Å². The van der Waals surface area contributed by atoms with Crippen molar-refractivity contribution in [3.8, 4) is 0 Å². The molecule has 10 heavy (non-hydrogen) atoms. The van der Waals surface area contributed by atoms with Gasteiger partial charge in [-0.15, -0.1) is 0 Å². The Labute approximate surface area is 59.2 Å². The normalized spacial score (nSPS) is 27.3. The highest BCUT2D eigenvalue weighted by Crippen LogP contribution is 1.96. The molecule has 0 saturated carbocycles. The number of hydrogen-bond donors (Lipinski definition) is 2. The van der Waals surface area contributed by atoms with Crippen molar-refractivity contribution in [2.75, 3.05) is 19.8 Å². The lowest BCUT2D eigenvalue weighted by Crippen LogP contribution is -2.36. The molecule has 1 aliphatic heterocycles. The van der Waals surface area contributed by atoms with E-state index in [1.165, 1.54) is 0 Å². The number of hydrogen-bond acceptors (Lipinski definition) is 3. The number of nitrogens with one attached hydrogen (secondary N) is 1. The molecule has 0 bridgehead atoms. The second-order valence-electron chi connectivity index (χ2n) is 2.19. The van der Waals surface area contributed by atoms with Gasteiger partial charge in [0.05, 0.1) is 6.61 Å². The van der Waals surface area contributed by atoms with Gasteiger partial charge in [0.15, 0.2) is 6.10 Å². The zero-order chi connectivity index (χ0) is 7.40. The highest BCUT2D eigenvalue weighted by molar-refractivity contribution is 5.80. The van der Waals surface area contributed by atoms with E-state index in [-0.39, 0.29) is 12.5 Å². The summed E-state index contributed by atoms with van der Waals surface area (Å²) in [7, 11) is 0. The first-order valence-electron chi connectivity index (χ1n) is 3.35. The Bertz CT molecular complexity index is 126. The van der Waals surface area contributed by atoms with Crippen LogP contribution in [0.25, 0.3) is 0 Å². The van der Waals surface area contributed by atoms with Crippen LogP contribution in [0.1, 0.15) is 6.42 Å². The Hall–Kier alpha value is -0.610. The predicted molar refractivity (Wildman–Crippen MR) is 34.5 cm³/mol. The van der Waals surface area contributed by atoms with Gasteiger partial charge >= 0.3 is 0 Å². The summed E-state index contributed by atoms with van der Waals surface area (Å²) in [6, 6.07) is 0.